The Morgan fingerprint density at radius 2 is 0.935 bits per heavy atom. The van der Waals surface area contributed by atoms with Gasteiger partial charge in [0.25, 0.3) is 0 Å². The molecule has 5 heteroatoms. The molecule has 1 aliphatic rings. The van der Waals surface area contributed by atoms with E-state index < -0.39 is 0 Å². The van der Waals surface area contributed by atoms with Gasteiger partial charge in [-0.3, -0.25) is 10.4 Å². The van der Waals surface area contributed by atoms with E-state index in [1.54, 1.807) is 0 Å². The third-order valence-electron chi connectivity index (χ3n) is 9.14. The summed E-state index contributed by atoms with van der Waals surface area (Å²) in [6.07, 6.45) is 1.29. The Balaban J connectivity index is 1.59. The van der Waals surface area contributed by atoms with Crippen LogP contribution in [0.3, 0.4) is 0 Å². The van der Waals surface area contributed by atoms with Gasteiger partial charge < -0.3 is 14.2 Å². The van der Waals surface area contributed by atoms with E-state index in [2.05, 4.69) is 155 Å². The monoisotopic (exact) mass is 628 g/mol. The number of aryl methyl sites for hydroxylation is 1. The average Bonchev–Trinajstić information content (AvgIpc) is 3.65. The van der Waals surface area contributed by atoms with Crippen LogP contribution < -0.4 is 24.6 Å². The SMILES string of the molecule is Cc1cc(OC(C(C)C)C(C)C)ccc1Cc1cc(OC(C(C)C)C(C)C)ccc1NN1c2ccc(OC(C(C)C)C(C)C)cc21. The molecule has 0 saturated heterocycles. The van der Waals surface area contributed by atoms with E-state index in [4.69, 9.17) is 14.2 Å². The second kappa shape index (κ2) is 15.0. The molecule has 0 radical (unpaired) electrons. The van der Waals surface area contributed by atoms with Gasteiger partial charge in [0.15, 0.2) is 0 Å². The zero-order chi connectivity index (χ0) is 33.9. The molecule has 0 atom stereocenters. The minimum atomic E-state index is 0.148. The molecule has 3 aromatic rings. The fraction of sp³-hybridized carbons (Fsp3) is 0.561. The molecule has 0 unspecified atom stereocenters. The Kier molecular flexibility index (Phi) is 11.6. The predicted octanol–water partition coefficient (Wildman–Crippen LogP) is 11.2. The number of hydrogen-bond acceptors (Lipinski definition) is 5. The van der Waals surface area contributed by atoms with Crippen LogP contribution >= 0.6 is 0 Å². The van der Waals surface area contributed by atoms with Crippen molar-refractivity contribution in [1.29, 1.82) is 0 Å². The molecule has 3 aromatic carbocycles. The first kappa shape index (κ1) is 35.5. The highest BCUT2D eigenvalue weighted by Gasteiger charge is 2.32. The summed E-state index contributed by atoms with van der Waals surface area (Å²) in [5, 5.41) is 2.15. The predicted molar refractivity (Wildman–Crippen MR) is 195 cm³/mol. The van der Waals surface area contributed by atoms with Crippen LogP contribution in [0.25, 0.3) is 0 Å². The van der Waals surface area contributed by atoms with Crippen LogP contribution in [0.2, 0.25) is 0 Å². The Bertz CT molecular complexity index is 1420. The molecule has 0 saturated carbocycles. The minimum Gasteiger partial charge on any atom is -0.490 e. The summed E-state index contributed by atoms with van der Waals surface area (Å²) in [7, 11) is 0. The van der Waals surface area contributed by atoms with Gasteiger partial charge in [-0.1, -0.05) is 89.2 Å². The van der Waals surface area contributed by atoms with E-state index in [1.807, 2.05) is 0 Å². The van der Waals surface area contributed by atoms with Crippen LogP contribution in [-0.4, -0.2) is 18.3 Å². The Labute approximate surface area is 280 Å². The standard InChI is InChI=1S/C41H60N2O3/c1-24(2)39(25(3)4)44-33-15-14-31(30(13)20-33)21-32-22-34(45-40(26(5)6)27(7)8)16-18-36(32)42-43-37-19-17-35(23-38(37)43)46-41(28(9)10)29(11)12/h14-20,22-29,39-42H,21H2,1-13H3. The average molecular weight is 629 g/mol. The molecule has 0 aromatic heterocycles. The lowest BCUT2D eigenvalue weighted by atomic mass is 9.95. The highest BCUT2D eigenvalue weighted by molar-refractivity contribution is 5.96. The lowest BCUT2D eigenvalue weighted by Crippen LogP contribution is -2.29. The van der Waals surface area contributed by atoms with Gasteiger partial charge in [0, 0.05) is 6.07 Å². The van der Waals surface area contributed by atoms with Crippen LogP contribution in [0.15, 0.2) is 54.6 Å². The quantitative estimate of drug-likeness (QED) is 0.160. The molecular weight excluding hydrogens is 568 g/mol. The van der Waals surface area contributed by atoms with E-state index in [0.29, 0.717) is 35.5 Å². The molecule has 1 aliphatic heterocycles. The number of nitrogens with zero attached hydrogens (tertiary/aromatic N) is 1. The summed E-state index contributed by atoms with van der Waals surface area (Å²) in [6.45, 7) is 28.9. The van der Waals surface area contributed by atoms with E-state index >= 15 is 0 Å². The fourth-order valence-corrected chi connectivity index (χ4v) is 6.79. The minimum absolute atomic E-state index is 0.148. The van der Waals surface area contributed by atoms with Crippen molar-refractivity contribution in [3.8, 4) is 17.2 Å². The number of hydrazine groups is 1. The van der Waals surface area contributed by atoms with Crippen molar-refractivity contribution in [2.75, 3.05) is 10.4 Å². The Morgan fingerprint density at radius 1 is 0.500 bits per heavy atom. The first-order valence-electron chi connectivity index (χ1n) is 17.6. The van der Waals surface area contributed by atoms with E-state index in [9.17, 15) is 0 Å². The molecule has 5 nitrogen and oxygen atoms in total. The van der Waals surface area contributed by atoms with Crippen LogP contribution in [0.1, 0.15) is 99.8 Å². The van der Waals surface area contributed by atoms with Gasteiger partial charge in [-0.2, -0.15) is 0 Å². The van der Waals surface area contributed by atoms with Crippen molar-refractivity contribution >= 4 is 17.1 Å². The van der Waals surface area contributed by atoms with Crippen LogP contribution in [0, 0.1) is 42.4 Å². The van der Waals surface area contributed by atoms with Gasteiger partial charge in [0.05, 0.1) is 17.1 Å². The summed E-state index contributed by atoms with van der Waals surface area (Å²) in [6, 6.07) is 19.4. The molecule has 1 N–H and O–H groups in total. The number of rotatable bonds is 16. The van der Waals surface area contributed by atoms with Crippen molar-refractivity contribution in [3.63, 3.8) is 0 Å². The molecular formula is C41H60N2O3. The van der Waals surface area contributed by atoms with E-state index in [-0.39, 0.29) is 18.3 Å². The number of fused-ring (bicyclic) bond motifs is 1. The third-order valence-corrected chi connectivity index (χ3v) is 9.14. The molecule has 252 valence electrons. The summed E-state index contributed by atoms with van der Waals surface area (Å²) in [4.78, 5) is 0. The topological polar surface area (TPSA) is 42.7 Å². The molecule has 4 rings (SSSR count). The molecule has 46 heavy (non-hydrogen) atoms. The van der Waals surface area contributed by atoms with Crippen LogP contribution in [-0.2, 0) is 6.42 Å². The summed E-state index contributed by atoms with van der Waals surface area (Å²) in [5.74, 6) is 5.41. The van der Waals surface area contributed by atoms with Gasteiger partial charge in [0.2, 0.25) is 0 Å². The fourth-order valence-electron chi connectivity index (χ4n) is 6.79. The highest BCUT2D eigenvalue weighted by atomic mass is 16.5. The van der Waals surface area contributed by atoms with Gasteiger partial charge in [0.1, 0.15) is 35.6 Å². The number of anilines is 3. The molecule has 0 spiro atoms. The molecule has 0 amide bonds. The molecule has 1 heterocycles. The van der Waals surface area contributed by atoms with E-state index in [0.717, 1.165) is 35.0 Å². The zero-order valence-electron chi connectivity index (χ0n) is 30.8. The zero-order valence-corrected chi connectivity index (χ0v) is 30.8. The number of benzene rings is 3. The summed E-state index contributed by atoms with van der Waals surface area (Å²) < 4.78 is 19.5. The van der Waals surface area contributed by atoms with Crippen molar-refractivity contribution in [2.24, 2.45) is 35.5 Å². The van der Waals surface area contributed by atoms with Crippen molar-refractivity contribution in [3.05, 3.63) is 71.3 Å². The second-order valence-corrected chi connectivity index (χ2v) is 15.4. The maximum atomic E-state index is 6.60. The van der Waals surface area contributed by atoms with Gasteiger partial charge >= 0.3 is 0 Å². The van der Waals surface area contributed by atoms with Gasteiger partial charge in [-0.15, -0.1) is 0 Å². The largest absolute Gasteiger partial charge is 0.490 e. The number of hydrogen-bond donors (Lipinski definition) is 1. The first-order valence-corrected chi connectivity index (χ1v) is 17.6. The maximum absolute atomic E-state index is 6.60. The van der Waals surface area contributed by atoms with Crippen LogP contribution in [0.4, 0.5) is 17.1 Å². The molecule has 0 fully saturated rings. The lowest BCUT2D eigenvalue weighted by molar-refractivity contribution is 0.105. The summed E-state index contributed by atoms with van der Waals surface area (Å²) in [5.41, 5.74) is 10.8. The van der Waals surface area contributed by atoms with Crippen LogP contribution in [0.5, 0.6) is 17.2 Å². The number of nitrogens with one attached hydrogen (secondary N) is 1. The van der Waals surface area contributed by atoms with Gasteiger partial charge in [-0.25, -0.2) is 0 Å². The number of ether oxygens (including phenoxy) is 3. The second-order valence-electron chi connectivity index (χ2n) is 15.4. The normalized spacial score (nSPS) is 13.0. The molecule has 0 aliphatic carbocycles. The first-order chi connectivity index (χ1) is 21.7. The molecule has 0 bridgehead atoms. The smallest absolute Gasteiger partial charge is 0.122 e. The Hall–Kier alpha value is -3.34. The van der Waals surface area contributed by atoms with Crippen molar-refractivity contribution in [1.82, 2.24) is 0 Å². The third kappa shape index (κ3) is 8.72. The maximum Gasteiger partial charge on any atom is 0.122 e. The van der Waals surface area contributed by atoms with Crippen molar-refractivity contribution < 1.29 is 14.2 Å². The van der Waals surface area contributed by atoms with Gasteiger partial charge in [-0.05, 0) is 108 Å². The summed E-state index contributed by atoms with van der Waals surface area (Å²) >= 11 is 0. The lowest BCUT2D eigenvalue weighted by Gasteiger charge is -2.27. The Morgan fingerprint density at radius 3 is 1.41 bits per heavy atom. The highest BCUT2D eigenvalue weighted by Crippen LogP contribution is 2.50. The van der Waals surface area contributed by atoms with Crippen molar-refractivity contribution in [2.45, 2.75) is 115 Å². The van der Waals surface area contributed by atoms with E-state index in [1.165, 1.54) is 22.4 Å².